The van der Waals surface area contributed by atoms with Crippen LogP contribution in [0, 0.1) is 0 Å². The van der Waals surface area contributed by atoms with Gasteiger partial charge >= 0.3 is 0 Å². The van der Waals surface area contributed by atoms with Crippen LogP contribution in [0.4, 0.5) is 11.5 Å². The summed E-state index contributed by atoms with van der Waals surface area (Å²) in [5, 5.41) is 14.1. The number of para-hydroxylation sites is 3. The Morgan fingerprint density at radius 2 is 1.59 bits per heavy atom. The first-order valence-electron chi connectivity index (χ1n) is 8.66. The number of hydrogen-bond donors (Lipinski definition) is 2. The zero-order valence-electron chi connectivity index (χ0n) is 15.6. The second-order valence-corrected chi connectivity index (χ2v) is 7.04. The van der Waals surface area contributed by atoms with Crippen LogP contribution in [0.2, 0.25) is 0 Å². The molecule has 6 heteroatoms. The quantitative estimate of drug-likeness (QED) is 0.697. The van der Waals surface area contributed by atoms with Crippen molar-refractivity contribution in [3.63, 3.8) is 0 Å². The molecule has 1 aromatic heterocycles. The first-order chi connectivity index (χ1) is 12.9. The number of anilines is 2. The van der Waals surface area contributed by atoms with Gasteiger partial charge in [-0.3, -0.25) is 4.79 Å². The molecule has 0 spiro atoms. The lowest BCUT2D eigenvalue weighted by Crippen LogP contribution is -2.41. The molecule has 27 heavy (non-hydrogen) atoms. The average Bonchev–Trinajstić information content (AvgIpc) is 2.63. The van der Waals surface area contributed by atoms with Gasteiger partial charge in [0.2, 0.25) is 0 Å². The number of hydrogen-bond acceptors (Lipinski definition) is 5. The van der Waals surface area contributed by atoms with Crippen LogP contribution in [-0.4, -0.2) is 21.6 Å². The molecular weight excluding hydrogens is 340 g/mol. The highest BCUT2D eigenvalue weighted by atomic mass is 16.5. The largest absolute Gasteiger partial charge is 0.455 e. The molecule has 0 saturated heterocycles. The summed E-state index contributed by atoms with van der Waals surface area (Å²) in [5.41, 5.74) is 0.690. The van der Waals surface area contributed by atoms with Crippen LogP contribution in [0.25, 0.3) is 0 Å². The fourth-order valence-electron chi connectivity index (χ4n) is 2.34. The van der Waals surface area contributed by atoms with Gasteiger partial charge in [0.15, 0.2) is 17.3 Å². The van der Waals surface area contributed by atoms with E-state index in [0.29, 0.717) is 11.6 Å². The van der Waals surface area contributed by atoms with Crippen LogP contribution in [0.1, 0.15) is 31.3 Å². The van der Waals surface area contributed by atoms with Gasteiger partial charge in [0.1, 0.15) is 5.75 Å². The van der Waals surface area contributed by atoms with Crippen molar-refractivity contribution in [3.05, 3.63) is 72.4 Å². The summed E-state index contributed by atoms with van der Waals surface area (Å²) in [4.78, 5) is 12.1. The molecule has 0 radical (unpaired) electrons. The van der Waals surface area contributed by atoms with E-state index in [-0.39, 0.29) is 17.1 Å². The molecule has 6 nitrogen and oxygen atoms in total. The third-order valence-electron chi connectivity index (χ3n) is 3.51. The van der Waals surface area contributed by atoms with E-state index < -0.39 is 0 Å². The molecule has 2 N–H and O–H groups in total. The van der Waals surface area contributed by atoms with E-state index in [1.165, 1.54) is 0 Å². The highest BCUT2D eigenvalue weighted by Gasteiger charge is 2.16. The maximum Gasteiger partial charge on any atom is 0.272 e. The molecule has 3 rings (SSSR count). The van der Waals surface area contributed by atoms with Crippen LogP contribution in [-0.2, 0) is 0 Å². The maximum atomic E-state index is 12.1. The van der Waals surface area contributed by atoms with Gasteiger partial charge in [0.05, 0.1) is 5.69 Å². The summed E-state index contributed by atoms with van der Waals surface area (Å²) >= 11 is 0. The van der Waals surface area contributed by atoms with Gasteiger partial charge in [0.25, 0.3) is 5.91 Å². The van der Waals surface area contributed by atoms with Gasteiger partial charge < -0.3 is 15.4 Å². The average molecular weight is 362 g/mol. The zero-order chi connectivity index (χ0) is 19.3. The molecule has 0 saturated carbocycles. The number of benzene rings is 2. The Hall–Kier alpha value is -3.41. The van der Waals surface area contributed by atoms with Crippen LogP contribution < -0.4 is 15.4 Å². The smallest absolute Gasteiger partial charge is 0.272 e. The predicted molar refractivity (Wildman–Crippen MR) is 105 cm³/mol. The summed E-state index contributed by atoms with van der Waals surface area (Å²) in [7, 11) is 0. The number of rotatable bonds is 5. The van der Waals surface area contributed by atoms with Crippen LogP contribution >= 0.6 is 0 Å². The predicted octanol–water partition coefficient (Wildman–Crippen LogP) is 4.54. The van der Waals surface area contributed by atoms with E-state index in [0.717, 1.165) is 11.4 Å². The summed E-state index contributed by atoms with van der Waals surface area (Å²) in [6.07, 6.45) is 0. The van der Waals surface area contributed by atoms with Gasteiger partial charge in [-0.15, -0.1) is 10.2 Å². The van der Waals surface area contributed by atoms with Gasteiger partial charge in [-0.1, -0.05) is 30.3 Å². The van der Waals surface area contributed by atoms with E-state index in [2.05, 4.69) is 20.8 Å². The molecule has 1 amide bonds. The molecule has 0 aliphatic rings. The van der Waals surface area contributed by atoms with Crippen molar-refractivity contribution in [2.45, 2.75) is 26.3 Å². The van der Waals surface area contributed by atoms with Gasteiger partial charge in [-0.05, 0) is 57.2 Å². The highest BCUT2D eigenvalue weighted by molar-refractivity contribution is 5.92. The van der Waals surface area contributed by atoms with Crippen LogP contribution in [0.5, 0.6) is 11.5 Å². The minimum atomic E-state index is -0.330. The van der Waals surface area contributed by atoms with Crippen molar-refractivity contribution in [1.82, 2.24) is 15.5 Å². The lowest BCUT2D eigenvalue weighted by atomic mass is 10.1. The molecule has 0 unspecified atom stereocenters. The van der Waals surface area contributed by atoms with Gasteiger partial charge in [-0.2, -0.15) is 0 Å². The number of nitrogens with zero attached hydrogens (tertiary/aromatic N) is 2. The molecule has 2 aromatic carbocycles. The Morgan fingerprint density at radius 1 is 0.889 bits per heavy atom. The first kappa shape index (κ1) is 18.4. The van der Waals surface area contributed by atoms with E-state index in [1.54, 1.807) is 12.1 Å². The molecule has 1 heterocycles. The number of aromatic nitrogens is 2. The van der Waals surface area contributed by atoms with Crippen molar-refractivity contribution in [3.8, 4) is 11.5 Å². The minimum absolute atomic E-state index is 0.255. The fraction of sp³-hybridized carbons (Fsp3) is 0.190. The van der Waals surface area contributed by atoms with Crippen LogP contribution in [0.15, 0.2) is 66.7 Å². The molecule has 0 bridgehead atoms. The van der Waals surface area contributed by atoms with Crippen molar-refractivity contribution in [2.24, 2.45) is 0 Å². The molecule has 138 valence electrons. The van der Waals surface area contributed by atoms with Crippen molar-refractivity contribution in [1.29, 1.82) is 0 Å². The number of ether oxygens (including phenoxy) is 1. The molecular formula is C21H22N4O2. The Labute approximate surface area is 158 Å². The Morgan fingerprint density at radius 3 is 2.26 bits per heavy atom. The SMILES string of the molecule is CC(C)(C)NC(=O)c1ccc(Nc2ccccc2Oc2ccccc2)nn1. The first-order valence-corrected chi connectivity index (χ1v) is 8.66. The topological polar surface area (TPSA) is 76.1 Å². The van der Waals surface area contributed by atoms with E-state index in [1.807, 2.05) is 75.4 Å². The molecule has 3 aromatic rings. The Balaban J connectivity index is 1.73. The van der Waals surface area contributed by atoms with Crippen molar-refractivity contribution >= 4 is 17.4 Å². The molecule has 0 atom stereocenters. The number of carbonyl (C=O) groups excluding carboxylic acids is 1. The highest BCUT2D eigenvalue weighted by Crippen LogP contribution is 2.30. The standard InChI is InChI=1S/C21H22N4O2/c1-21(2,3)23-20(26)17-13-14-19(25-24-17)22-16-11-7-8-12-18(16)27-15-9-5-4-6-10-15/h4-14H,1-3H3,(H,22,25)(H,23,26). The molecule has 0 fully saturated rings. The van der Waals surface area contributed by atoms with E-state index in [4.69, 9.17) is 4.74 Å². The number of nitrogens with one attached hydrogen (secondary N) is 2. The van der Waals surface area contributed by atoms with Crippen molar-refractivity contribution in [2.75, 3.05) is 5.32 Å². The normalized spacial score (nSPS) is 10.9. The van der Waals surface area contributed by atoms with Crippen LogP contribution in [0.3, 0.4) is 0 Å². The van der Waals surface area contributed by atoms with E-state index in [9.17, 15) is 4.79 Å². The summed E-state index contributed by atoms with van der Waals surface area (Å²) in [5.74, 6) is 1.67. The summed E-state index contributed by atoms with van der Waals surface area (Å²) in [6, 6.07) is 20.4. The summed E-state index contributed by atoms with van der Waals surface area (Å²) < 4.78 is 5.92. The number of amides is 1. The lowest BCUT2D eigenvalue weighted by molar-refractivity contribution is 0.0913. The van der Waals surface area contributed by atoms with Gasteiger partial charge in [0, 0.05) is 5.54 Å². The molecule has 0 aliphatic carbocycles. The number of carbonyl (C=O) groups is 1. The summed E-state index contributed by atoms with van der Waals surface area (Å²) in [6.45, 7) is 5.74. The Bertz CT molecular complexity index is 903. The van der Waals surface area contributed by atoms with Gasteiger partial charge in [-0.25, -0.2) is 0 Å². The third kappa shape index (κ3) is 5.28. The fourth-order valence-corrected chi connectivity index (χ4v) is 2.34. The Kier molecular flexibility index (Phi) is 5.35. The minimum Gasteiger partial charge on any atom is -0.455 e. The van der Waals surface area contributed by atoms with Crippen molar-refractivity contribution < 1.29 is 9.53 Å². The van der Waals surface area contributed by atoms with E-state index >= 15 is 0 Å². The monoisotopic (exact) mass is 362 g/mol. The third-order valence-corrected chi connectivity index (χ3v) is 3.51. The maximum absolute atomic E-state index is 12.1. The molecule has 0 aliphatic heterocycles. The second-order valence-electron chi connectivity index (χ2n) is 7.04. The second kappa shape index (κ2) is 7.86. The zero-order valence-corrected chi connectivity index (χ0v) is 15.6. The lowest BCUT2D eigenvalue weighted by Gasteiger charge is -2.19.